The normalized spacial score (nSPS) is 22.2. The summed E-state index contributed by atoms with van der Waals surface area (Å²) in [5, 5.41) is 0. The van der Waals surface area contributed by atoms with Crippen molar-refractivity contribution in [1.82, 2.24) is 14.7 Å². The van der Waals surface area contributed by atoms with Crippen LogP contribution in [0.5, 0.6) is 0 Å². The standard InChI is InChI=1S/C23H31N3O4/c1-2-25-21(28)23(26(22(25)29)17-19-6-4-3-5-7-19)10-12-24(13-11-23)20(27)16-18-8-14-30-15-9-18/h3-7,18H,2,8-17H2,1H3. The molecule has 1 aromatic rings. The smallest absolute Gasteiger partial charge is 0.327 e. The maximum Gasteiger partial charge on any atom is 0.327 e. The first-order valence-corrected chi connectivity index (χ1v) is 11.1. The SMILES string of the molecule is CCN1C(=O)N(Cc2ccccc2)C2(CCN(C(=O)CC3CCOCC3)CC2)C1=O. The molecule has 7 nitrogen and oxygen atoms in total. The van der Waals surface area contributed by atoms with Crippen molar-refractivity contribution in [2.24, 2.45) is 5.92 Å². The fourth-order valence-electron chi connectivity index (χ4n) is 4.98. The molecule has 0 radical (unpaired) electrons. The summed E-state index contributed by atoms with van der Waals surface area (Å²) in [4.78, 5) is 44.1. The molecule has 3 aliphatic rings. The molecule has 0 aromatic heterocycles. The summed E-state index contributed by atoms with van der Waals surface area (Å²) < 4.78 is 5.39. The zero-order valence-electron chi connectivity index (χ0n) is 17.7. The van der Waals surface area contributed by atoms with E-state index in [1.54, 1.807) is 4.90 Å². The Morgan fingerprint density at radius 3 is 2.40 bits per heavy atom. The first-order chi connectivity index (χ1) is 14.5. The van der Waals surface area contributed by atoms with Crippen molar-refractivity contribution in [3.63, 3.8) is 0 Å². The molecule has 0 aliphatic carbocycles. The van der Waals surface area contributed by atoms with Crippen LogP contribution in [0.4, 0.5) is 4.79 Å². The first-order valence-electron chi connectivity index (χ1n) is 11.1. The Balaban J connectivity index is 1.46. The van der Waals surface area contributed by atoms with Crippen molar-refractivity contribution >= 4 is 17.8 Å². The second kappa shape index (κ2) is 8.76. The van der Waals surface area contributed by atoms with Gasteiger partial charge in [-0.25, -0.2) is 4.79 Å². The number of piperidine rings is 1. The van der Waals surface area contributed by atoms with Crippen LogP contribution in [0.3, 0.4) is 0 Å². The van der Waals surface area contributed by atoms with Crippen LogP contribution in [0.2, 0.25) is 0 Å². The van der Waals surface area contributed by atoms with E-state index in [4.69, 9.17) is 4.74 Å². The molecule has 4 rings (SSSR count). The maximum absolute atomic E-state index is 13.3. The van der Waals surface area contributed by atoms with Crippen molar-refractivity contribution < 1.29 is 19.1 Å². The van der Waals surface area contributed by atoms with Crippen molar-refractivity contribution in [2.45, 2.75) is 51.1 Å². The monoisotopic (exact) mass is 413 g/mol. The number of hydrogen-bond acceptors (Lipinski definition) is 4. The highest BCUT2D eigenvalue weighted by Gasteiger charge is 2.57. The number of imide groups is 1. The number of carbonyl (C=O) groups is 3. The third-order valence-corrected chi connectivity index (χ3v) is 6.87. The molecule has 162 valence electrons. The molecule has 1 spiro atoms. The number of amides is 4. The Kier molecular flexibility index (Phi) is 6.09. The Hall–Kier alpha value is -2.41. The molecule has 3 fully saturated rings. The van der Waals surface area contributed by atoms with Crippen molar-refractivity contribution in [3.05, 3.63) is 35.9 Å². The van der Waals surface area contributed by atoms with E-state index in [2.05, 4.69) is 0 Å². The number of carbonyl (C=O) groups excluding carboxylic acids is 3. The number of likely N-dealkylation sites (tertiary alicyclic amines) is 1. The molecule has 7 heteroatoms. The van der Waals surface area contributed by atoms with Gasteiger partial charge in [-0.1, -0.05) is 30.3 Å². The van der Waals surface area contributed by atoms with Gasteiger partial charge >= 0.3 is 6.03 Å². The number of nitrogens with zero attached hydrogens (tertiary/aromatic N) is 3. The third kappa shape index (κ3) is 3.83. The topological polar surface area (TPSA) is 70.2 Å². The van der Waals surface area contributed by atoms with Gasteiger partial charge in [0.05, 0.1) is 0 Å². The average molecular weight is 414 g/mol. The number of likely N-dealkylation sites (N-methyl/N-ethyl adjacent to an activating group) is 1. The Labute approximate surface area is 177 Å². The molecular weight excluding hydrogens is 382 g/mol. The minimum absolute atomic E-state index is 0.109. The number of urea groups is 1. The largest absolute Gasteiger partial charge is 0.381 e. The van der Waals surface area contributed by atoms with Crippen LogP contribution in [-0.4, -0.2) is 70.9 Å². The number of benzene rings is 1. The van der Waals surface area contributed by atoms with E-state index in [1.807, 2.05) is 42.2 Å². The lowest BCUT2D eigenvalue weighted by atomic mass is 9.85. The van der Waals surface area contributed by atoms with Crippen LogP contribution in [0.15, 0.2) is 30.3 Å². The van der Waals surface area contributed by atoms with Crippen LogP contribution in [0.25, 0.3) is 0 Å². The van der Waals surface area contributed by atoms with E-state index >= 15 is 0 Å². The molecule has 1 aromatic carbocycles. The molecule has 3 aliphatic heterocycles. The van der Waals surface area contributed by atoms with Gasteiger partial charge in [0.15, 0.2) is 0 Å². The van der Waals surface area contributed by atoms with Crippen molar-refractivity contribution in [1.29, 1.82) is 0 Å². The van der Waals surface area contributed by atoms with Crippen LogP contribution < -0.4 is 0 Å². The minimum atomic E-state index is -0.835. The molecule has 0 atom stereocenters. The number of ether oxygens (including phenoxy) is 1. The van der Waals surface area contributed by atoms with Gasteiger partial charge in [0.1, 0.15) is 5.54 Å². The number of rotatable bonds is 5. The molecule has 3 heterocycles. The highest BCUT2D eigenvalue weighted by atomic mass is 16.5. The second-order valence-corrected chi connectivity index (χ2v) is 8.58. The molecule has 0 N–H and O–H groups in total. The lowest BCUT2D eigenvalue weighted by Crippen LogP contribution is -2.57. The van der Waals surface area contributed by atoms with Crippen LogP contribution in [-0.2, 0) is 20.9 Å². The highest BCUT2D eigenvalue weighted by molar-refractivity contribution is 6.07. The maximum atomic E-state index is 13.3. The average Bonchev–Trinajstić information content (AvgIpc) is 2.96. The molecule has 0 saturated carbocycles. The van der Waals surface area contributed by atoms with Crippen LogP contribution >= 0.6 is 0 Å². The van der Waals surface area contributed by atoms with Crippen molar-refractivity contribution in [3.8, 4) is 0 Å². The molecule has 3 saturated heterocycles. The highest BCUT2D eigenvalue weighted by Crippen LogP contribution is 2.38. The van der Waals surface area contributed by atoms with Gasteiger partial charge in [0.25, 0.3) is 5.91 Å². The molecular formula is C23H31N3O4. The second-order valence-electron chi connectivity index (χ2n) is 8.58. The predicted octanol–water partition coefficient (Wildman–Crippen LogP) is 2.65. The Morgan fingerprint density at radius 1 is 1.10 bits per heavy atom. The molecule has 0 unspecified atom stereocenters. The van der Waals surface area contributed by atoms with Gasteiger partial charge in [0, 0.05) is 45.8 Å². The van der Waals surface area contributed by atoms with E-state index in [9.17, 15) is 14.4 Å². The summed E-state index contributed by atoms with van der Waals surface area (Å²) in [6, 6.07) is 9.57. The predicted molar refractivity (Wildman–Crippen MR) is 111 cm³/mol. The number of hydrogen-bond donors (Lipinski definition) is 0. The summed E-state index contributed by atoms with van der Waals surface area (Å²) in [5.74, 6) is 0.444. The fraction of sp³-hybridized carbons (Fsp3) is 0.609. The Morgan fingerprint density at radius 2 is 1.77 bits per heavy atom. The zero-order valence-corrected chi connectivity index (χ0v) is 17.7. The van der Waals surface area contributed by atoms with E-state index in [0.717, 1.165) is 31.6 Å². The van der Waals surface area contributed by atoms with E-state index in [1.165, 1.54) is 4.90 Å². The van der Waals surface area contributed by atoms with Crippen molar-refractivity contribution in [2.75, 3.05) is 32.8 Å². The third-order valence-electron chi connectivity index (χ3n) is 6.87. The lowest BCUT2D eigenvalue weighted by Gasteiger charge is -2.42. The summed E-state index contributed by atoms with van der Waals surface area (Å²) in [6.45, 7) is 5.13. The molecule has 4 amide bonds. The first kappa shape index (κ1) is 20.8. The van der Waals surface area contributed by atoms with Gasteiger partial charge in [0.2, 0.25) is 5.91 Å². The Bertz CT molecular complexity index is 783. The minimum Gasteiger partial charge on any atom is -0.381 e. The van der Waals surface area contributed by atoms with Gasteiger partial charge in [-0.05, 0) is 44.1 Å². The summed E-state index contributed by atoms with van der Waals surface area (Å²) in [7, 11) is 0. The van der Waals surface area contributed by atoms with E-state index in [-0.39, 0.29) is 17.8 Å². The van der Waals surface area contributed by atoms with Gasteiger partial charge in [-0.3, -0.25) is 14.5 Å². The lowest BCUT2D eigenvalue weighted by molar-refractivity contribution is -0.141. The fourth-order valence-corrected chi connectivity index (χ4v) is 4.98. The van der Waals surface area contributed by atoms with Gasteiger partial charge in [-0.2, -0.15) is 0 Å². The summed E-state index contributed by atoms with van der Waals surface area (Å²) in [5.41, 5.74) is 0.173. The van der Waals surface area contributed by atoms with Crippen LogP contribution in [0.1, 0.15) is 44.6 Å². The van der Waals surface area contributed by atoms with E-state index in [0.29, 0.717) is 51.4 Å². The summed E-state index contributed by atoms with van der Waals surface area (Å²) in [6.07, 6.45) is 3.43. The van der Waals surface area contributed by atoms with Gasteiger partial charge < -0.3 is 14.5 Å². The molecule has 0 bridgehead atoms. The zero-order chi connectivity index (χ0) is 21.1. The molecule has 30 heavy (non-hydrogen) atoms. The van der Waals surface area contributed by atoms with E-state index < -0.39 is 5.54 Å². The van der Waals surface area contributed by atoms with Crippen LogP contribution in [0, 0.1) is 5.92 Å². The summed E-state index contributed by atoms with van der Waals surface area (Å²) >= 11 is 0. The quantitative estimate of drug-likeness (QED) is 0.696. The van der Waals surface area contributed by atoms with Gasteiger partial charge in [-0.15, -0.1) is 0 Å².